The van der Waals surface area contributed by atoms with Gasteiger partial charge in [0.25, 0.3) is 0 Å². The van der Waals surface area contributed by atoms with Crippen molar-refractivity contribution in [2.45, 2.75) is 23.8 Å². The molecule has 6 nitrogen and oxygen atoms in total. The van der Waals surface area contributed by atoms with E-state index in [1.165, 1.54) is 6.07 Å². The Morgan fingerprint density at radius 2 is 2.26 bits per heavy atom. The van der Waals surface area contributed by atoms with E-state index in [1.807, 2.05) is 0 Å². The van der Waals surface area contributed by atoms with Gasteiger partial charge in [-0.15, -0.1) is 0 Å². The van der Waals surface area contributed by atoms with Crippen LogP contribution in [0.2, 0.25) is 0 Å². The highest BCUT2D eigenvalue weighted by Crippen LogP contribution is 2.21. The van der Waals surface area contributed by atoms with Crippen LogP contribution in [0, 0.1) is 6.92 Å². The van der Waals surface area contributed by atoms with Gasteiger partial charge in [0.05, 0.1) is 11.5 Å². The lowest BCUT2D eigenvalue weighted by Gasteiger charge is -2.21. The zero-order valence-corrected chi connectivity index (χ0v) is 11.5. The predicted octanol–water partition coefficient (Wildman–Crippen LogP) is 0.00692. The molecule has 0 bridgehead atoms. The van der Waals surface area contributed by atoms with Gasteiger partial charge in [0.15, 0.2) is 0 Å². The molecule has 1 aliphatic heterocycles. The zero-order valence-electron chi connectivity index (χ0n) is 10.7. The molecule has 1 fully saturated rings. The molecular weight excluding hydrogens is 268 g/mol. The maximum Gasteiger partial charge on any atom is 0.241 e. The largest absolute Gasteiger partial charge is 0.399 e. The minimum atomic E-state index is -3.68. The average Bonchev–Trinajstić information content (AvgIpc) is 2.78. The molecule has 0 aromatic heterocycles. The highest BCUT2D eigenvalue weighted by molar-refractivity contribution is 7.89. The topological polar surface area (TPSA) is 102 Å². The van der Waals surface area contributed by atoms with Crippen LogP contribution in [0.25, 0.3) is 0 Å². The molecule has 0 spiro atoms. The van der Waals surface area contributed by atoms with Gasteiger partial charge >= 0.3 is 0 Å². The van der Waals surface area contributed by atoms with E-state index in [0.29, 0.717) is 24.3 Å². The summed E-state index contributed by atoms with van der Waals surface area (Å²) in [5.41, 5.74) is 5.47. The molecule has 0 radical (unpaired) electrons. The Hall–Kier alpha value is -1.15. The first kappa shape index (κ1) is 14.3. The van der Waals surface area contributed by atoms with Crippen LogP contribution < -0.4 is 10.5 Å². The zero-order chi connectivity index (χ0) is 14.1. The number of aryl methyl sites for hydroxylation is 1. The molecule has 1 unspecified atom stereocenters. The first-order chi connectivity index (χ1) is 8.82. The molecule has 1 saturated heterocycles. The molecule has 106 valence electrons. The Morgan fingerprint density at radius 1 is 1.53 bits per heavy atom. The van der Waals surface area contributed by atoms with E-state index in [4.69, 9.17) is 10.5 Å². The molecule has 1 aromatic carbocycles. The third kappa shape index (κ3) is 3.24. The highest BCUT2D eigenvalue weighted by atomic mass is 32.2. The maximum absolute atomic E-state index is 12.2. The van der Waals surface area contributed by atoms with Crippen molar-refractivity contribution in [1.82, 2.24) is 4.72 Å². The summed E-state index contributed by atoms with van der Waals surface area (Å²) in [7, 11) is -3.68. The van der Waals surface area contributed by atoms with Gasteiger partial charge in [-0.2, -0.15) is 0 Å². The lowest BCUT2D eigenvalue weighted by atomic mass is 10.1. The number of rotatable bonds is 4. The first-order valence-corrected chi connectivity index (χ1v) is 7.47. The van der Waals surface area contributed by atoms with Crippen LogP contribution in [-0.4, -0.2) is 38.9 Å². The van der Waals surface area contributed by atoms with E-state index in [-0.39, 0.29) is 18.0 Å². The minimum absolute atomic E-state index is 0.0659. The number of nitrogens with two attached hydrogens (primary N) is 1. The molecule has 1 aromatic rings. The summed E-state index contributed by atoms with van der Waals surface area (Å²) < 4.78 is 31.9. The number of hydrogen-bond acceptors (Lipinski definition) is 5. The molecule has 1 heterocycles. The number of ether oxygens (including phenoxy) is 1. The number of anilines is 1. The fourth-order valence-electron chi connectivity index (χ4n) is 1.95. The lowest BCUT2D eigenvalue weighted by Crippen LogP contribution is -2.43. The van der Waals surface area contributed by atoms with Gasteiger partial charge in [-0.3, -0.25) is 0 Å². The monoisotopic (exact) mass is 286 g/mol. The van der Waals surface area contributed by atoms with Gasteiger partial charge in [-0.25, -0.2) is 13.1 Å². The molecule has 19 heavy (non-hydrogen) atoms. The van der Waals surface area contributed by atoms with Crippen molar-refractivity contribution < 1.29 is 18.3 Å². The average molecular weight is 286 g/mol. The summed E-state index contributed by atoms with van der Waals surface area (Å²) in [6.45, 7) is 2.21. The second-order valence-electron chi connectivity index (χ2n) is 4.88. The van der Waals surface area contributed by atoms with E-state index >= 15 is 0 Å². The Balaban J connectivity index is 2.16. The van der Waals surface area contributed by atoms with Crippen molar-refractivity contribution in [3.8, 4) is 0 Å². The highest BCUT2D eigenvalue weighted by Gasteiger charge is 2.33. The van der Waals surface area contributed by atoms with Crippen molar-refractivity contribution in [2.75, 3.05) is 25.5 Å². The van der Waals surface area contributed by atoms with E-state index < -0.39 is 15.6 Å². The van der Waals surface area contributed by atoms with Gasteiger partial charge < -0.3 is 15.6 Å². The summed E-state index contributed by atoms with van der Waals surface area (Å²) in [6.07, 6.45) is 0.422. The molecular formula is C12H18N2O4S. The Bertz CT molecular complexity index is 565. The quantitative estimate of drug-likeness (QED) is 0.677. The van der Waals surface area contributed by atoms with Crippen LogP contribution in [0.4, 0.5) is 5.69 Å². The number of nitrogen functional groups attached to an aromatic ring is 1. The molecule has 0 aliphatic carbocycles. The third-order valence-corrected chi connectivity index (χ3v) is 4.72. The van der Waals surface area contributed by atoms with Crippen molar-refractivity contribution in [3.05, 3.63) is 23.8 Å². The third-order valence-electron chi connectivity index (χ3n) is 3.18. The lowest BCUT2D eigenvalue weighted by molar-refractivity contribution is 0.0314. The number of nitrogens with one attached hydrogen (secondary N) is 1. The second-order valence-corrected chi connectivity index (χ2v) is 6.61. The fraction of sp³-hybridized carbons (Fsp3) is 0.500. The first-order valence-electron chi connectivity index (χ1n) is 5.98. The molecule has 1 aliphatic rings. The number of hydrogen-bond donors (Lipinski definition) is 3. The van der Waals surface area contributed by atoms with Gasteiger partial charge in [0.2, 0.25) is 10.0 Å². The van der Waals surface area contributed by atoms with Gasteiger partial charge in [-0.05, 0) is 24.6 Å². The van der Waals surface area contributed by atoms with Crippen molar-refractivity contribution in [3.63, 3.8) is 0 Å². The predicted molar refractivity (Wildman–Crippen MR) is 71.2 cm³/mol. The standard InChI is InChI=1S/C12H18N2O4S/c1-9-2-3-10(13)6-11(9)19(16,17)14-7-12(15)4-5-18-8-12/h2-3,6,14-15H,4-5,7-8,13H2,1H3. The van der Waals surface area contributed by atoms with Gasteiger partial charge in [-0.1, -0.05) is 6.07 Å². The van der Waals surface area contributed by atoms with E-state index in [2.05, 4.69) is 4.72 Å². The van der Waals surface area contributed by atoms with Crippen LogP contribution >= 0.6 is 0 Å². The molecule has 0 amide bonds. The van der Waals surface area contributed by atoms with Gasteiger partial charge in [0.1, 0.15) is 5.60 Å². The Kier molecular flexibility index (Phi) is 3.82. The number of sulfonamides is 1. The van der Waals surface area contributed by atoms with Crippen LogP contribution in [0.3, 0.4) is 0 Å². The van der Waals surface area contributed by atoms with Crippen molar-refractivity contribution in [2.24, 2.45) is 0 Å². The Labute approximate surface area is 112 Å². The van der Waals surface area contributed by atoms with Crippen LogP contribution in [-0.2, 0) is 14.8 Å². The molecule has 2 rings (SSSR count). The normalized spacial score (nSPS) is 23.7. The fourth-order valence-corrected chi connectivity index (χ4v) is 3.35. The van der Waals surface area contributed by atoms with Crippen LogP contribution in [0.15, 0.2) is 23.1 Å². The summed E-state index contributed by atoms with van der Waals surface area (Å²) in [5.74, 6) is 0. The van der Waals surface area contributed by atoms with Crippen LogP contribution in [0.1, 0.15) is 12.0 Å². The molecule has 7 heteroatoms. The smallest absolute Gasteiger partial charge is 0.241 e. The summed E-state index contributed by atoms with van der Waals surface area (Å²) in [6, 6.07) is 4.71. The summed E-state index contributed by atoms with van der Waals surface area (Å²) >= 11 is 0. The van der Waals surface area contributed by atoms with Gasteiger partial charge in [0, 0.05) is 25.3 Å². The Morgan fingerprint density at radius 3 is 2.89 bits per heavy atom. The molecule has 0 saturated carbocycles. The summed E-state index contributed by atoms with van der Waals surface area (Å²) in [5, 5.41) is 10.0. The minimum Gasteiger partial charge on any atom is -0.399 e. The molecule has 4 N–H and O–H groups in total. The van der Waals surface area contributed by atoms with E-state index in [1.54, 1.807) is 19.1 Å². The molecule has 1 atom stereocenters. The number of benzene rings is 1. The second kappa shape index (κ2) is 5.09. The van der Waals surface area contributed by atoms with Crippen molar-refractivity contribution in [1.29, 1.82) is 0 Å². The summed E-state index contributed by atoms with van der Waals surface area (Å²) in [4.78, 5) is 0.134. The van der Waals surface area contributed by atoms with E-state index in [9.17, 15) is 13.5 Å². The SMILES string of the molecule is Cc1ccc(N)cc1S(=O)(=O)NCC1(O)CCOC1. The van der Waals surface area contributed by atoms with Crippen molar-refractivity contribution >= 4 is 15.7 Å². The number of aliphatic hydroxyl groups is 1. The van der Waals surface area contributed by atoms with Crippen LogP contribution in [0.5, 0.6) is 0 Å². The maximum atomic E-state index is 12.2. The van der Waals surface area contributed by atoms with E-state index in [0.717, 1.165) is 0 Å².